The topological polar surface area (TPSA) is 35.2 Å². The van der Waals surface area contributed by atoms with E-state index in [1.165, 1.54) is 0 Å². The summed E-state index contributed by atoms with van der Waals surface area (Å²) in [4.78, 5) is 0. The molecule has 1 atom stereocenters. The predicted octanol–water partition coefficient (Wildman–Crippen LogP) is 3.34. The molecule has 1 aromatic rings. The van der Waals surface area contributed by atoms with Gasteiger partial charge in [-0.15, -0.1) is 0 Å². The highest BCUT2D eigenvalue weighted by atomic mass is 35.5. The quantitative estimate of drug-likeness (QED) is 0.878. The van der Waals surface area contributed by atoms with Crippen LogP contribution in [0.5, 0.6) is 5.75 Å². The molecule has 0 spiro atoms. The maximum Gasteiger partial charge on any atom is 0.119 e. The van der Waals surface area contributed by atoms with Crippen molar-refractivity contribution < 1.29 is 4.74 Å². The molecule has 2 N–H and O–H groups in total. The molecule has 0 aromatic heterocycles. The van der Waals surface area contributed by atoms with Gasteiger partial charge >= 0.3 is 0 Å². The van der Waals surface area contributed by atoms with Crippen molar-refractivity contribution in [2.75, 3.05) is 13.2 Å². The third-order valence-corrected chi connectivity index (χ3v) is 3.03. The average molecular weight is 242 g/mol. The fourth-order valence-electron chi connectivity index (χ4n) is 1.40. The number of rotatable bonds is 4. The van der Waals surface area contributed by atoms with Gasteiger partial charge in [-0.1, -0.05) is 32.4 Å². The monoisotopic (exact) mass is 241 g/mol. The van der Waals surface area contributed by atoms with Gasteiger partial charge < -0.3 is 10.5 Å². The van der Waals surface area contributed by atoms with E-state index in [2.05, 4.69) is 20.8 Å². The molecular weight excluding hydrogens is 222 g/mol. The highest BCUT2D eigenvalue weighted by Crippen LogP contribution is 2.26. The Morgan fingerprint density at radius 2 is 1.81 bits per heavy atom. The minimum absolute atomic E-state index is 0.168. The van der Waals surface area contributed by atoms with Gasteiger partial charge in [-0.25, -0.2) is 0 Å². The Kier molecular flexibility index (Phi) is 4.63. The molecule has 90 valence electrons. The molecule has 0 aliphatic heterocycles. The molecule has 16 heavy (non-hydrogen) atoms. The van der Waals surface area contributed by atoms with Crippen LogP contribution in [0.15, 0.2) is 24.3 Å². The van der Waals surface area contributed by atoms with Crippen LogP contribution in [0.1, 0.15) is 20.8 Å². The molecule has 0 saturated heterocycles. The van der Waals surface area contributed by atoms with Crippen molar-refractivity contribution >= 4 is 11.6 Å². The van der Waals surface area contributed by atoms with E-state index in [1.54, 1.807) is 0 Å². The molecule has 1 aromatic carbocycles. The summed E-state index contributed by atoms with van der Waals surface area (Å²) in [7, 11) is 0. The third-order valence-electron chi connectivity index (χ3n) is 2.77. The Bertz CT molecular complexity index is 316. The normalized spacial score (nSPS) is 13.6. The summed E-state index contributed by atoms with van der Waals surface area (Å²) in [5.74, 6) is 1.19. The van der Waals surface area contributed by atoms with Gasteiger partial charge in [-0.3, -0.25) is 0 Å². The van der Waals surface area contributed by atoms with Crippen LogP contribution in [0, 0.1) is 11.3 Å². The molecule has 0 heterocycles. The second kappa shape index (κ2) is 5.55. The standard InChI is InChI=1S/C13H20ClNO/c1-13(2,3)10(8-15)9-16-12-6-4-11(14)5-7-12/h4-7,10H,8-9,15H2,1-3H3. The smallest absolute Gasteiger partial charge is 0.119 e. The lowest BCUT2D eigenvalue weighted by Gasteiger charge is -2.29. The summed E-state index contributed by atoms with van der Waals surface area (Å²) >= 11 is 5.80. The van der Waals surface area contributed by atoms with Gasteiger partial charge in [-0.05, 0) is 36.2 Å². The van der Waals surface area contributed by atoms with E-state index in [0.29, 0.717) is 19.1 Å². The molecule has 0 amide bonds. The van der Waals surface area contributed by atoms with Crippen molar-refractivity contribution in [1.82, 2.24) is 0 Å². The fraction of sp³-hybridized carbons (Fsp3) is 0.538. The van der Waals surface area contributed by atoms with E-state index in [9.17, 15) is 0 Å². The summed E-state index contributed by atoms with van der Waals surface area (Å²) in [5.41, 5.74) is 5.91. The van der Waals surface area contributed by atoms with Gasteiger partial charge in [0.25, 0.3) is 0 Å². The first-order valence-corrected chi connectivity index (χ1v) is 5.89. The highest BCUT2D eigenvalue weighted by molar-refractivity contribution is 6.30. The zero-order chi connectivity index (χ0) is 12.2. The number of hydrogen-bond donors (Lipinski definition) is 1. The van der Waals surface area contributed by atoms with Crippen LogP contribution in [-0.2, 0) is 0 Å². The largest absolute Gasteiger partial charge is 0.493 e. The van der Waals surface area contributed by atoms with Gasteiger partial charge in [0.2, 0.25) is 0 Å². The predicted molar refractivity (Wildman–Crippen MR) is 68.9 cm³/mol. The molecule has 0 aliphatic rings. The fourth-order valence-corrected chi connectivity index (χ4v) is 1.53. The maximum absolute atomic E-state index is 5.80. The minimum atomic E-state index is 0.168. The molecule has 3 heteroatoms. The van der Waals surface area contributed by atoms with Crippen LogP contribution in [0.2, 0.25) is 5.02 Å². The lowest BCUT2D eigenvalue weighted by atomic mass is 9.81. The van der Waals surface area contributed by atoms with Crippen molar-refractivity contribution in [3.05, 3.63) is 29.3 Å². The van der Waals surface area contributed by atoms with Crippen molar-refractivity contribution in [1.29, 1.82) is 0 Å². The van der Waals surface area contributed by atoms with Crippen LogP contribution in [0.25, 0.3) is 0 Å². The Labute approximate surface area is 103 Å². The van der Waals surface area contributed by atoms with Gasteiger partial charge in [0.1, 0.15) is 5.75 Å². The zero-order valence-electron chi connectivity index (χ0n) is 10.2. The second-order valence-electron chi connectivity index (χ2n) is 5.06. The molecule has 2 nitrogen and oxygen atoms in total. The van der Waals surface area contributed by atoms with Gasteiger partial charge in [-0.2, -0.15) is 0 Å². The van der Waals surface area contributed by atoms with E-state index in [1.807, 2.05) is 24.3 Å². The first kappa shape index (κ1) is 13.3. The molecule has 1 rings (SSSR count). The molecule has 0 saturated carbocycles. The lowest BCUT2D eigenvalue weighted by molar-refractivity contribution is 0.152. The number of ether oxygens (including phenoxy) is 1. The van der Waals surface area contributed by atoms with Gasteiger partial charge in [0.05, 0.1) is 6.61 Å². The van der Waals surface area contributed by atoms with Crippen LogP contribution in [0.4, 0.5) is 0 Å². The Hall–Kier alpha value is -0.730. The van der Waals surface area contributed by atoms with Crippen molar-refractivity contribution in [3.8, 4) is 5.75 Å². The van der Waals surface area contributed by atoms with Crippen LogP contribution in [-0.4, -0.2) is 13.2 Å². The Morgan fingerprint density at radius 1 is 1.25 bits per heavy atom. The second-order valence-corrected chi connectivity index (χ2v) is 5.50. The Morgan fingerprint density at radius 3 is 2.25 bits per heavy atom. The number of benzene rings is 1. The molecular formula is C13H20ClNO. The third kappa shape index (κ3) is 4.03. The molecule has 1 unspecified atom stereocenters. The summed E-state index contributed by atoms with van der Waals surface area (Å²) < 4.78 is 5.70. The van der Waals surface area contributed by atoms with E-state index in [0.717, 1.165) is 10.8 Å². The average Bonchev–Trinajstić information content (AvgIpc) is 2.19. The van der Waals surface area contributed by atoms with E-state index in [-0.39, 0.29) is 5.41 Å². The van der Waals surface area contributed by atoms with Gasteiger partial charge in [0, 0.05) is 10.9 Å². The number of nitrogens with two attached hydrogens (primary N) is 1. The maximum atomic E-state index is 5.80. The van der Waals surface area contributed by atoms with Crippen LogP contribution >= 0.6 is 11.6 Å². The van der Waals surface area contributed by atoms with E-state index < -0.39 is 0 Å². The first-order valence-electron chi connectivity index (χ1n) is 5.52. The van der Waals surface area contributed by atoms with Crippen LogP contribution < -0.4 is 10.5 Å². The Balaban J connectivity index is 2.53. The van der Waals surface area contributed by atoms with Gasteiger partial charge in [0.15, 0.2) is 0 Å². The summed E-state index contributed by atoms with van der Waals surface area (Å²) in [5, 5.41) is 0.721. The van der Waals surface area contributed by atoms with Crippen LogP contribution in [0.3, 0.4) is 0 Å². The SMILES string of the molecule is CC(C)(C)C(CN)COc1ccc(Cl)cc1. The van der Waals surface area contributed by atoms with Crippen molar-refractivity contribution in [3.63, 3.8) is 0 Å². The molecule has 0 fully saturated rings. The first-order chi connectivity index (χ1) is 7.43. The number of halogens is 1. The highest BCUT2D eigenvalue weighted by Gasteiger charge is 2.23. The lowest BCUT2D eigenvalue weighted by Crippen LogP contribution is -2.33. The molecule has 0 bridgehead atoms. The van der Waals surface area contributed by atoms with Crippen molar-refractivity contribution in [2.24, 2.45) is 17.1 Å². The molecule has 0 aliphatic carbocycles. The molecule has 0 radical (unpaired) electrons. The van der Waals surface area contributed by atoms with E-state index in [4.69, 9.17) is 22.1 Å². The van der Waals surface area contributed by atoms with E-state index >= 15 is 0 Å². The zero-order valence-corrected chi connectivity index (χ0v) is 10.9. The summed E-state index contributed by atoms with van der Waals surface area (Å²) in [6.45, 7) is 7.81. The minimum Gasteiger partial charge on any atom is -0.493 e. The number of hydrogen-bond acceptors (Lipinski definition) is 2. The summed E-state index contributed by atoms with van der Waals surface area (Å²) in [6, 6.07) is 7.40. The summed E-state index contributed by atoms with van der Waals surface area (Å²) in [6.07, 6.45) is 0. The van der Waals surface area contributed by atoms with Crippen molar-refractivity contribution in [2.45, 2.75) is 20.8 Å².